The van der Waals surface area contributed by atoms with Crippen LogP contribution in [0.25, 0.3) is 0 Å². The number of carbonyl (C=O) groups excluding carboxylic acids is 1. The summed E-state index contributed by atoms with van der Waals surface area (Å²) >= 11 is 0. The number of nitrogens with one attached hydrogen (secondary N) is 1. The first-order valence-electron chi connectivity index (χ1n) is 7.37. The molecule has 0 saturated carbocycles. The van der Waals surface area contributed by atoms with Gasteiger partial charge in [-0.15, -0.1) is 0 Å². The van der Waals surface area contributed by atoms with Gasteiger partial charge in [0.2, 0.25) is 5.91 Å². The predicted molar refractivity (Wildman–Crippen MR) is 79.6 cm³/mol. The van der Waals surface area contributed by atoms with Gasteiger partial charge in [0.05, 0.1) is 6.10 Å². The van der Waals surface area contributed by atoms with Gasteiger partial charge in [-0.1, -0.05) is 12.1 Å². The van der Waals surface area contributed by atoms with Crippen LogP contribution >= 0.6 is 0 Å². The fourth-order valence-corrected chi connectivity index (χ4v) is 2.27. The molecule has 6 heteroatoms. The molecule has 0 unspecified atom stereocenters. The maximum atomic E-state index is 11.9. The van der Waals surface area contributed by atoms with Crippen molar-refractivity contribution in [1.29, 1.82) is 0 Å². The number of hydrogen-bond donors (Lipinski definition) is 2. The molecule has 2 rings (SSSR count). The number of hydrogen-bond acceptors (Lipinski definition) is 4. The Morgan fingerprint density at radius 1 is 1.27 bits per heavy atom. The van der Waals surface area contributed by atoms with E-state index in [9.17, 15) is 9.59 Å². The highest BCUT2D eigenvalue weighted by molar-refractivity contribution is 5.82. The van der Waals surface area contributed by atoms with Gasteiger partial charge in [0.15, 0.2) is 6.10 Å². The lowest BCUT2D eigenvalue weighted by Gasteiger charge is -2.13. The van der Waals surface area contributed by atoms with Crippen LogP contribution in [0.5, 0.6) is 5.75 Å². The van der Waals surface area contributed by atoms with Gasteiger partial charge in [0, 0.05) is 6.54 Å². The number of benzene rings is 1. The van der Waals surface area contributed by atoms with E-state index >= 15 is 0 Å². The largest absolute Gasteiger partial charge is 0.491 e. The number of ether oxygens (including phenoxy) is 2. The molecule has 1 aromatic carbocycles. The van der Waals surface area contributed by atoms with Crippen LogP contribution in [0.2, 0.25) is 0 Å². The first kappa shape index (κ1) is 16.3. The van der Waals surface area contributed by atoms with E-state index in [0.717, 1.165) is 11.3 Å². The van der Waals surface area contributed by atoms with Gasteiger partial charge in [0.1, 0.15) is 11.9 Å². The lowest BCUT2D eigenvalue weighted by Crippen LogP contribution is -2.35. The summed E-state index contributed by atoms with van der Waals surface area (Å²) in [4.78, 5) is 22.7. The zero-order valence-electron chi connectivity index (χ0n) is 12.7. The number of carboxylic acids is 1. The molecule has 1 saturated heterocycles. The first-order valence-corrected chi connectivity index (χ1v) is 7.37. The predicted octanol–water partition coefficient (Wildman–Crippen LogP) is 1.72. The summed E-state index contributed by atoms with van der Waals surface area (Å²) in [5.74, 6) is -0.504. The van der Waals surface area contributed by atoms with Crippen molar-refractivity contribution >= 4 is 11.9 Å². The highest BCUT2D eigenvalue weighted by Gasteiger charge is 2.34. The average Bonchev–Trinajstić information content (AvgIpc) is 2.96. The van der Waals surface area contributed by atoms with E-state index in [4.69, 9.17) is 14.6 Å². The van der Waals surface area contributed by atoms with Crippen molar-refractivity contribution in [2.45, 2.75) is 51.5 Å². The van der Waals surface area contributed by atoms with Gasteiger partial charge in [-0.05, 0) is 44.4 Å². The van der Waals surface area contributed by atoms with Crippen LogP contribution in [0.15, 0.2) is 24.3 Å². The summed E-state index contributed by atoms with van der Waals surface area (Å²) in [6, 6.07) is 7.48. The molecule has 120 valence electrons. The summed E-state index contributed by atoms with van der Waals surface area (Å²) in [5.41, 5.74) is 0.942. The molecule has 1 fully saturated rings. The van der Waals surface area contributed by atoms with E-state index in [1.807, 2.05) is 38.1 Å². The van der Waals surface area contributed by atoms with Crippen molar-refractivity contribution in [1.82, 2.24) is 5.32 Å². The third kappa shape index (κ3) is 4.46. The van der Waals surface area contributed by atoms with Gasteiger partial charge in [-0.25, -0.2) is 4.79 Å². The number of rotatable bonds is 6. The quantitative estimate of drug-likeness (QED) is 0.836. The van der Waals surface area contributed by atoms with Crippen LogP contribution in [0.1, 0.15) is 32.3 Å². The van der Waals surface area contributed by atoms with Crippen molar-refractivity contribution in [2.75, 3.05) is 0 Å². The van der Waals surface area contributed by atoms with Crippen molar-refractivity contribution in [3.05, 3.63) is 29.8 Å². The molecule has 2 atom stereocenters. The fourth-order valence-electron chi connectivity index (χ4n) is 2.27. The van der Waals surface area contributed by atoms with Crippen molar-refractivity contribution in [2.24, 2.45) is 0 Å². The standard InChI is InChI=1S/C16H21NO5/c1-10(2)21-12-5-3-11(4-6-12)9-17-15(18)13-7-8-14(22-13)16(19)20/h3-6,10,13-14H,7-9H2,1-2H3,(H,17,18)(H,19,20)/t13-,14+/m0/s1. The minimum absolute atomic E-state index is 0.118. The number of amides is 1. The molecule has 2 N–H and O–H groups in total. The highest BCUT2D eigenvalue weighted by Crippen LogP contribution is 2.20. The molecule has 1 amide bonds. The van der Waals surface area contributed by atoms with Gasteiger partial charge in [-0.2, -0.15) is 0 Å². The molecule has 0 radical (unpaired) electrons. The molecule has 0 bridgehead atoms. The molecule has 22 heavy (non-hydrogen) atoms. The normalized spacial score (nSPS) is 20.9. The lowest BCUT2D eigenvalue weighted by atomic mass is 10.1. The van der Waals surface area contributed by atoms with Crippen LogP contribution < -0.4 is 10.1 Å². The monoisotopic (exact) mass is 307 g/mol. The summed E-state index contributed by atoms with van der Waals surface area (Å²) < 4.78 is 10.8. The molecule has 1 aliphatic rings. The van der Waals surface area contributed by atoms with E-state index in [1.165, 1.54) is 0 Å². The van der Waals surface area contributed by atoms with Crippen LogP contribution in [0.4, 0.5) is 0 Å². The Hall–Kier alpha value is -2.08. The van der Waals surface area contributed by atoms with Gasteiger partial charge < -0.3 is 19.9 Å². The van der Waals surface area contributed by atoms with E-state index in [1.54, 1.807) is 0 Å². The Balaban J connectivity index is 1.80. The molecule has 1 aliphatic heterocycles. The van der Waals surface area contributed by atoms with E-state index in [0.29, 0.717) is 19.4 Å². The van der Waals surface area contributed by atoms with Crippen LogP contribution in [0, 0.1) is 0 Å². The highest BCUT2D eigenvalue weighted by atomic mass is 16.5. The maximum Gasteiger partial charge on any atom is 0.332 e. The maximum absolute atomic E-state index is 11.9. The second-order valence-electron chi connectivity index (χ2n) is 5.56. The second kappa shape index (κ2) is 7.26. The zero-order valence-corrected chi connectivity index (χ0v) is 12.7. The summed E-state index contributed by atoms with van der Waals surface area (Å²) in [6.45, 7) is 4.29. The van der Waals surface area contributed by atoms with Crippen molar-refractivity contribution in [3.63, 3.8) is 0 Å². The molecule has 1 heterocycles. The summed E-state index contributed by atoms with van der Waals surface area (Å²) in [5, 5.41) is 11.6. The lowest BCUT2D eigenvalue weighted by molar-refractivity contribution is -0.151. The Labute approximate surface area is 129 Å². The summed E-state index contributed by atoms with van der Waals surface area (Å²) in [6.07, 6.45) is -0.626. The number of carbonyl (C=O) groups is 2. The van der Waals surface area contributed by atoms with Gasteiger partial charge in [0.25, 0.3) is 0 Å². The van der Waals surface area contributed by atoms with Crippen molar-refractivity contribution in [3.8, 4) is 5.75 Å². The van der Waals surface area contributed by atoms with E-state index in [-0.39, 0.29) is 12.0 Å². The molecule has 0 aliphatic carbocycles. The van der Waals surface area contributed by atoms with E-state index in [2.05, 4.69) is 5.32 Å². The Morgan fingerprint density at radius 2 is 1.91 bits per heavy atom. The number of aliphatic carboxylic acids is 1. The molecular weight excluding hydrogens is 286 g/mol. The molecular formula is C16H21NO5. The molecule has 0 spiro atoms. The summed E-state index contributed by atoms with van der Waals surface area (Å²) in [7, 11) is 0. The van der Waals surface area contributed by atoms with Crippen LogP contribution in [-0.4, -0.2) is 35.3 Å². The third-order valence-electron chi connectivity index (χ3n) is 3.35. The number of carboxylic acid groups (broad SMARTS) is 1. The minimum atomic E-state index is -1.02. The van der Waals surface area contributed by atoms with Crippen molar-refractivity contribution < 1.29 is 24.2 Å². The molecule has 6 nitrogen and oxygen atoms in total. The smallest absolute Gasteiger partial charge is 0.332 e. The van der Waals surface area contributed by atoms with Crippen LogP contribution in [0.3, 0.4) is 0 Å². The topological polar surface area (TPSA) is 84.9 Å². The van der Waals surface area contributed by atoms with Crippen LogP contribution in [-0.2, 0) is 20.9 Å². The minimum Gasteiger partial charge on any atom is -0.491 e. The Kier molecular flexibility index (Phi) is 5.38. The van der Waals surface area contributed by atoms with E-state index < -0.39 is 18.2 Å². The van der Waals surface area contributed by atoms with Gasteiger partial charge >= 0.3 is 5.97 Å². The zero-order chi connectivity index (χ0) is 16.1. The SMILES string of the molecule is CC(C)Oc1ccc(CNC(=O)[C@@H]2CC[C@H](C(=O)O)O2)cc1. The second-order valence-corrected chi connectivity index (χ2v) is 5.56. The molecule has 0 aromatic heterocycles. The molecule has 1 aromatic rings. The third-order valence-corrected chi connectivity index (χ3v) is 3.35. The fraction of sp³-hybridized carbons (Fsp3) is 0.500. The van der Waals surface area contributed by atoms with Gasteiger partial charge in [-0.3, -0.25) is 4.79 Å². The average molecular weight is 307 g/mol. The first-order chi connectivity index (χ1) is 10.5. The Morgan fingerprint density at radius 3 is 2.45 bits per heavy atom. The Bertz CT molecular complexity index is 526.